The number of rotatable bonds is 2. The Morgan fingerprint density at radius 2 is 2.23 bits per heavy atom. The van der Waals surface area contributed by atoms with Crippen LogP contribution in [0.1, 0.15) is 0 Å². The van der Waals surface area contributed by atoms with Crippen molar-refractivity contribution in [2.45, 2.75) is 6.04 Å². The molecule has 1 N–H and O–H groups in total. The molecule has 0 spiro atoms. The molecule has 0 amide bonds. The van der Waals surface area contributed by atoms with E-state index in [4.69, 9.17) is 4.74 Å². The Morgan fingerprint density at radius 1 is 1.46 bits per heavy atom. The molecule has 1 aliphatic heterocycles. The molecule has 1 aromatic rings. The van der Waals surface area contributed by atoms with Gasteiger partial charge in [0.05, 0.1) is 23.7 Å². The second kappa shape index (κ2) is 3.64. The highest BCUT2D eigenvalue weighted by Gasteiger charge is 2.17. The minimum Gasteiger partial charge on any atom is -0.378 e. The number of benzene rings is 1. The second-order valence-corrected chi connectivity index (χ2v) is 3.86. The predicted molar refractivity (Wildman–Crippen MR) is 52.3 cm³/mol. The molecule has 1 aromatic carbocycles. The molecular weight excluding hydrogens is 237 g/mol. The quantitative estimate of drug-likeness (QED) is 0.865. The van der Waals surface area contributed by atoms with Crippen molar-refractivity contribution >= 4 is 21.6 Å². The van der Waals surface area contributed by atoms with Crippen LogP contribution in [0.15, 0.2) is 22.7 Å². The van der Waals surface area contributed by atoms with Gasteiger partial charge in [-0.2, -0.15) is 0 Å². The van der Waals surface area contributed by atoms with Crippen LogP contribution >= 0.6 is 15.9 Å². The fourth-order valence-electron chi connectivity index (χ4n) is 1.14. The van der Waals surface area contributed by atoms with Crippen molar-refractivity contribution in [2.24, 2.45) is 0 Å². The fourth-order valence-corrected chi connectivity index (χ4v) is 1.52. The van der Waals surface area contributed by atoms with Crippen molar-refractivity contribution in [3.8, 4) is 0 Å². The first kappa shape index (κ1) is 8.97. The third kappa shape index (κ3) is 2.00. The van der Waals surface area contributed by atoms with E-state index in [1.165, 1.54) is 6.07 Å². The first-order chi connectivity index (χ1) is 6.25. The topological polar surface area (TPSA) is 21.3 Å². The van der Waals surface area contributed by atoms with Gasteiger partial charge < -0.3 is 10.1 Å². The Bertz CT molecular complexity index is 314. The molecule has 0 unspecified atom stereocenters. The molecule has 2 nitrogen and oxygen atoms in total. The van der Waals surface area contributed by atoms with Crippen LogP contribution < -0.4 is 5.32 Å². The van der Waals surface area contributed by atoms with Crippen molar-refractivity contribution < 1.29 is 9.13 Å². The van der Waals surface area contributed by atoms with E-state index in [0.717, 1.165) is 18.9 Å². The summed E-state index contributed by atoms with van der Waals surface area (Å²) in [7, 11) is 0. The van der Waals surface area contributed by atoms with Crippen LogP contribution in [0.3, 0.4) is 0 Å². The van der Waals surface area contributed by atoms with Gasteiger partial charge >= 0.3 is 0 Å². The lowest BCUT2D eigenvalue weighted by atomic mass is 10.2. The van der Waals surface area contributed by atoms with Gasteiger partial charge in [0.2, 0.25) is 0 Å². The second-order valence-electron chi connectivity index (χ2n) is 3.01. The summed E-state index contributed by atoms with van der Waals surface area (Å²) in [5.74, 6) is -0.240. The van der Waals surface area contributed by atoms with Crippen LogP contribution in [0.5, 0.6) is 0 Å². The van der Waals surface area contributed by atoms with Gasteiger partial charge in [0, 0.05) is 5.69 Å². The van der Waals surface area contributed by atoms with Gasteiger partial charge in [0.1, 0.15) is 5.82 Å². The fraction of sp³-hybridized carbons (Fsp3) is 0.333. The summed E-state index contributed by atoms with van der Waals surface area (Å²) in [6.07, 6.45) is 0. The molecule has 0 saturated carbocycles. The Labute approximate surface area is 84.2 Å². The molecule has 0 radical (unpaired) electrons. The number of anilines is 1. The first-order valence-corrected chi connectivity index (χ1v) is 4.84. The number of nitrogens with one attached hydrogen (secondary N) is 1. The molecule has 13 heavy (non-hydrogen) atoms. The number of hydrogen-bond donors (Lipinski definition) is 1. The van der Waals surface area contributed by atoms with Crippen molar-refractivity contribution in [3.63, 3.8) is 0 Å². The summed E-state index contributed by atoms with van der Waals surface area (Å²) in [4.78, 5) is 0. The molecule has 70 valence electrons. The maximum atomic E-state index is 12.8. The van der Waals surface area contributed by atoms with Gasteiger partial charge in [-0.15, -0.1) is 0 Å². The zero-order valence-electron chi connectivity index (χ0n) is 6.89. The minimum atomic E-state index is -0.240. The van der Waals surface area contributed by atoms with Crippen molar-refractivity contribution in [1.29, 1.82) is 0 Å². The Balaban J connectivity index is 2.07. The molecule has 1 heterocycles. The molecule has 0 bridgehead atoms. The monoisotopic (exact) mass is 245 g/mol. The van der Waals surface area contributed by atoms with E-state index in [1.807, 2.05) is 0 Å². The van der Waals surface area contributed by atoms with E-state index in [9.17, 15) is 4.39 Å². The van der Waals surface area contributed by atoms with E-state index < -0.39 is 0 Å². The minimum absolute atomic E-state index is 0.240. The highest BCUT2D eigenvalue weighted by molar-refractivity contribution is 9.10. The van der Waals surface area contributed by atoms with Gasteiger partial charge in [-0.25, -0.2) is 4.39 Å². The van der Waals surface area contributed by atoms with Gasteiger partial charge in [-0.05, 0) is 34.1 Å². The third-order valence-corrected chi connectivity index (χ3v) is 2.54. The molecule has 1 saturated heterocycles. The molecule has 1 aliphatic rings. The highest BCUT2D eigenvalue weighted by atomic mass is 79.9. The SMILES string of the molecule is Fc1ccc(NC2COC2)cc1Br. The van der Waals surface area contributed by atoms with Crippen LogP contribution in [0.25, 0.3) is 0 Å². The summed E-state index contributed by atoms with van der Waals surface area (Å²) in [6, 6.07) is 5.26. The number of halogens is 2. The molecule has 4 heteroatoms. The normalized spacial score (nSPS) is 16.8. The van der Waals surface area contributed by atoms with Gasteiger partial charge in [0.15, 0.2) is 0 Å². The summed E-state index contributed by atoms with van der Waals surface area (Å²) in [5, 5.41) is 3.22. The van der Waals surface area contributed by atoms with E-state index in [-0.39, 0.29) is 5.82 Å². The van der Waals surface area contributed by atoms with Crippen LogP contribution in [-0.4, -0.2) is 19.3 Å². The lowest BCUT2D eigenvalue weighted by Crippen LogP contribution is -2.40. The van der Waals surface area contributed by atoms with E-state index >= 15 is 0 Å². The lowest BCUT2D eigenvalue weighted by Gasteiger charge is -2.27. The highest BCUT2D eigenvalue weighted by Crippen LogP contribution is 2.21. The van der Waals surface area contributed by atoms with E-state index in [0.29, 0.717) is 10.5 Å². The predicted octanol–water partition coefficient (Wildman–Crippen LogP) is 2.40. The van der Waals surface area contributed by atoms with Crippen LogP contribution in [0, 0.1) is 5.82 Å². The zero-order chi connectivity index (χ0) is 9.26. The van der Waals surface area contributed by atoms with Crippen LogP contribution in [0.4, 0.5) is 10.1 Å². The number of hydrogen-bond acceptors (Lipinski definition) is 2. The summed E-state index contributed by atoms with van der Waals surface area (Å²) < 4.78 is 18.3. The average Bonchev–Trinajstić information content (AvgIpc) is 2.04. The Hall–Kier alpha value is -0.610. The summed E-state index contributed by atoms with van der Waals surface area (Å²) >= 11 is 3.13. The molecule has 2 rings (SSSR count). The van der Waals surface area contributed by atoms with Gasteiger partial charge in [0.25, 0.3) is 0 Å². The van der Waals surface area contributed by atoms with Gasteiger partial charge in [-0.1, -0.05) is 0 Å². The number of ether oxygens (including phenoxy) is 1. The largest absolute Gasteiger partial charge is 0.378 e. The summed E-state index contributed by atoms with van der Waals surface area (Å²) in [5.41, 5.74) is 0.918. The first-order valence-electron chi connectivity index (χ1n) is 4.05. The molecule has 0 atom stereocenters. The van der Waals surface area contributed by atoms with E-state index in [1.54, 1.807) is 12.1 Å². The Morgan fingerprint density at radius 3 is 2.77 bits per heavy atom. The summed E-state index contributed by atoms with van der Waals surface area (Å²) in [6.45, 7) is 1.46. The molecule has 1 fully saturated rings. The molecule has 0 aromatic heterocycles. The third-order valence-electron chi connectivity index (χ3n) is 1.93. The standard InChI is InChI=1S/C9H9BrFNO/c10-8-3-6(1-2-9(8)11)12-7-4-13-5-7/h1-3,7,12H,4-5H2. The van der Waals surface area contributed by atoms with Crippen LogP contribution in [-0.2, 0) is 4.74 Å². The maximum Gasteiger partial charge on any atom is 0.137 e. The van der Waals surface area contributed by atoms with Crippen LogP contribution in [0.2, 0.25) is 0 Å². The molecule has 0 aliphatic carbocycles. The van der Waals surface area contributed by atoms with Crippen molar-refractivity contribution in [2.75, 3.05) is 18.5 Å². The van der Waals surface area contributed by atoms with Crippen molar-refractivity contribution in [3.05, 3.63) is 28.5 Å². The molecular formula is C9H9BrFNO. The Kier molecular flexibility index (Phi) is 2.51. The zero-order valence-corrected chi connectivity index (χ0v) is 8.47. The maximum absolute atomic E-state index is 12.8. The van der Waals surface area contributed by atoms with Crippen molar-refractivity contribution in [1.82, 2.24) is 0 Å². The van der Waals surface area contributed by atoms with E-state index in [2.05, 4.69) is 21.2 Å². The average molecular weight is 246 g/mol. The smallest absolute Gasteiger partial charge is 0.137 e. The van der Waals surface area contributed by atoms with Gasteiger partial charge in [-0.3, -0.25) is 0 Å². The lowest BCUT2D eigenvalue weighted by molar-refractivity contribution is 0.0211.